The molecule has 0 spiro atoms. The van der Waals surface area contributed by atoms with Gasteiger partial charge in [0.25, 0.3) is 0 Å². The van der Waals surface area contributed by atoms with Crippen LogP contribution in [0.1, 0.15) is 38.3 Å². The summed E-state index contributed by atoms with van der Waals surface area (Å²) in [5.74, 6) is 1.63. The molecular formula is C15H22ClNOS. The minimum Gasteiger partial charge on any atom is -0.393 e. The Bertz CT molecular complexity index is 425. The second kappa shape index (κ2) is 6.98. The molecule has 0 aliphatic carbocycles. The van der Waals surface area contributed by atoms with E-state index >= 15 is 0 Å². The van der Waals surface area contributed by atoms with Crippen LogP contribution in [0, 0.1) is 5.92 Å². The van der Waals surface area contributed by atoms with Crippen molar-refractivity contribution in [1.29, 1.82) is 0 Å². The number of fused-ring (bicyclic) bond motifs is 1. The topological polar surface area (TPSA) is 32.3 Å². The first-order valence-electron chi connectivity index (χ1n) is 6.90. The summed E-state index contributed by atoms with van der Waals surface area (Å²) in [6, 6.07) is 6.56. The Labute approximate surface area is 124 Å². The molecule has 0 bridgehead atoms. The zero-order valence-corrected chi connectivity index (χ0v) is 13.1. The summed E-state index contributed by atoms with van der Waals surface area (Å²) in [4.78, 5) is 1.34. The van der Waals surface area contributed by atoms with Gasteiger partial charge in [0.15, 0.2) is 0 Å². The van der Waals surface area contributed by atoms with E-state index in [4.69, 9.17) is 11.6 Å². The Kier molecular flexibility index (Phi) is 5.58. The van der Waals surface area contributed by atoms with Gasteiger partial charge in [0.2, 0.25) is 0 Å². The number of thioether (sulfide) groups is 1. The molecule has 1 heterocycles. The standard InChI is InChI=1S/C15H22ClNOS/c1-10(7-11(2)18)9-17-14-5-6-19-15-4-3-12(16)8-13(14)15/h3-4,8,10-11,14,17-18H,5-7,9H2,1-2H3. The number of hydrogen-bond donors (Lipinski definition) is 2. The largest absolute Gasteiger partial charge is 0.393 e. The van der Waals surface area contributed by atoms with Gasteiger partial charge >= 0.3 is 0 Å². The fourth-order valence-electron chi connectivity index (χ4n) is 2.59. The summed E-state index contributed by atoms with van der Waals surface area (Å²) in [5.41, 5.74) is 1.33. The Morgan fingerprint density at radius 2 is 2.26 bits per heavy atom. The van der Waals surface area contributed by atoms with Crippen LogP contribution in [-0.4, -0.2) is 23.5 Å². The van der Waals surface area contributed by atoms with Gasteiger partial charge in [-0.1, -0.05) is 18.5 Å². The van der Waals surface area contributed by atoms with Gasteiger partial charge in [-0.3, -0.25) is 0 Å². The fourth-order valence-corrected chi connectivity index (χ4v) is 3.87. The quantitative estimate of drug-likeness (QED) is 0.865. The van der Waals surface area contributed by atoms with Crippen LogP contribution in [0.2, 0.25) is 5.02 Å². The van der Waals surface area contributed by atoms with E-state index in [-0.39, 0.29) is 6.10 Å². The predicted octanol–water partition coefficient (Wildman–Crippen LogP) is 3.87. The SMILES string of the molecule is CC(O)CC(C)CNC1CCSc2ccc(Cl)cc21. The molecule has 2 nitrogen and oxygen atoms in total. The van der Waals surface area contributed by atoms with E-state index < -0.39 is 0 Å². The molecular weight excluding hydrogens is 278 g/mol. The molecule has 1 aromatic carbocycles. The minimum absolute atomic E-state index is 0.222. The Balaban J connectivity index is 1.97. The van der Waals surface area contributed by atoms with E-state index in [1.807, 2.05) is 24.8 Å². The van der Waals surface area contributed by atoms with Crippen molar-refractivity contribution in [2.24, 2.45) is 5.92 Å². The van der Waals surface area contributed by atoms with Gasteiger partial charge in [-0.15, -0.1) is 11.8 Å². The van der Waals surface area contributed by atoms with Crippen LogP contribution in [0.5, 0.6) is 0 Å². The number of benzene rings is 1. The van der Waals surface area contributed by atoms with Crippen molar-refractivity contribution in [2.45, 2.75) is 43.7 Å². The molecule has 106 valence electrons. The van der Waals surface area contributed by atoms with Gasteiger partial charge in [0.1, 0.15) is 0 Å². The molecule has 4 heteroatoms. The predicted molar refractivity (Wildman–Crippen MR) is 83.0 cm³/mol. The van der Waals surface area contributed by atoms with Gasteiger partial charge in [-0.25, -0.2) is 0 Å². The van der Waals surface area contributed by atoms with Crippen LogP contribution in [-0.2, 0) is 0 Å². The van der Waals surface area contributed by atoms with E-state index in [2.05, 4.69) is 24.4 Å². The van der Waals surface area contributed by atoms with Crippen LogP contribution in [0.15, 0.2) is 23.1 Å². The third-order valence-electron chi connectivity index (χ3n) is 3.47. The van der Waals surface area contributed by atoms with Crippen LogP contribution in [0.25, 0.3) is 0 Å². The van der Waals surface area contributed by atoms with Crippen molar-refractivity contribution in [3.63, 3.8) is 0 Å². The second-order valence-corrected chi connectivity index (χ2v) is 7.04. The molecule has 0 saturated carbocycles. The lowest BCUT2D eigenvalue weighted by atomic mass is 10.0. The summed E-state index contributed by atoms with van der Waals surface area (Å²) in [6.07, 6.45) is 1.76. The zero-order valence-electron chi connectivity index (χ0n) is 11.5. The number of halogens is 1. The normalized spacial score (nSPS) is 21.8. The van der Waals surface area contributed by atoms with E-state index in [1.165, 1.54) is 10.5 Å². The van der Waals surface area contributed by atoms with E-state index in [0.29, 0.717) is 12.0 Å². The van der Waals surface area contributed by atoms with Crippen LogP contribution >= 0.6 is 23.4 Å². The van der Waals surface area contributed by atoms with E-state index in [9.17, 15) is 5.11 Å². The zero-order chi connectivity index (χ0) is 13.8. The molecule has 19 heavy (non-hydrogen) atoms. The first-order chi connectivity index (χ1) is 9.06. The highest BCUT2D eigenvalue weighted by atomic mass is 35.5. The van der Waals surface area contributed by atoms with Crippen molar-refractivity contribution in [3.05, 3.63) is 28.8 Å². The highest BCUT2D eigenvalue weighted by Crippen LogP contribution is 2.37. The maximum absolute atomic E-state index is 9.41. The minimum atomic E-state index is -0.222. The number of hydrogen-bond acceptors (Lipinski definition) is 3. The first kappa shape index (κ1) is 15.2. The van der Waals surface area contributed by atoms with Crippen molar-refractivity contribution >= 4 is 23.4 Å². The summed E-state index contributed by atoms with van der Waals surface area (Å²) >= 11 is 8.01. The van der Waals surface area contributed by atoms with Gasteiger partial charge in [0, 0.05) is 16.0 Å². The molecule has 0 fully saturated rings. The lowest BCUT2D eigenvalue weighted by Gasteiger charge is -2.27. The summed E-state index contributed by atoms with van der Waals surface area (Å²) in [6.45, 7) is 4.96. The third-order valence-corrected chi connectivity index (χ3v) is 4.83. The first-order valence-corrected chi connectivity index (χ1v) is 8.26. The second-order valence-electron chi connectivity index (χ2n) is 5.47. The van der Waals surface area contributed by atoms with Gasteiger partial charge in [-0.05, 0) is 61.7 Å². The molecule has 0 radical (unpaired) electrons. The Morgan fingerprint density at radius 1 is 1.47 bits per heavy atom. The summed E-state index contributed by atoms with van der Waals surface area (Å²) in [5, 5.41) is 13.8. The summed E-state index contributed by atoms with van der Waals surface area (Å²) in [7, 11) is 0. The molecule has 0 amide bonds. The maximum Gasteiger partial charge on any atom is 0.0515 e. The average Bonchev–Trinajstić information content (AvgIpc) is 2.35. The lowest BCUT2D eigenvalue weighted by Crippen LogP contribution is -2.29. The summed E-state index contributed by atoms with van der Waals surface area (Å²) < 4.78 is 0. The molecule has 0 aromatic heterocycles. The third kappa shape index (κ3) is 4.38. The number of aliphatic hydroxyl groups excluding tert-OH is 1. The smallest absolute Gasteiger partial charge is 0.0515 e. The van der Waals surface area contributed by atoms with Crippen molar-refractivity contribution < 1.29 is 5.11 Å². The Hall–Kier alpha value is -0.220. The number of rotatable bonds is 5. The van der Waals surface area contributed by atoms with E-state index in [1.54, 1.807) is 0 Å². The number of aliphatic hydroxyl groups is 1. The van der Waals surface area contributed by atoms with Crippen LogP contribution in [0.3, 0.4) is 0 Å². The fraction of sp³-hybridized carbons (Fsp3) is 0.600. The number of nitrogens with one attached hydrogen (secondary N) is 1. The molecule has 0 saturated heterocycles. The van der Waals surface area contributed by atoms with Crippen molar-refractivity contribution in [1.82, 2.24) is 5.32 Å². The molecule has 3 unspecified atom stereocenters. The molecule has 3 atom stereocenters. The maximum atomic E-state index is 9.41. The van der Waals surface area contributed by atoms with Crippen LogP contribution < -0.4 is 5.32 Å². The molecule has 1 aliphatic heterocycles. The Morgan fingerprint density at radius 3 is 3.00 bits per heavy atom. The highest BCUT2D eigenvalue weighted by Gasteiger charge is 2.21. The molecule has 2 rings (SSSR count). The molecule has 2 N–H and O–H groups in total. The van der Waals surface area contributed by atoms with Gasteiger partial charge < -0.3 is 10.4 Å². The lowest BCUT2D eigenvalue weighted by molar-refractivity contribution is 0.162. The van der Waals surface area contributed by atoms with Gasteiger partial charge in [0.05, 0.1) is 6.10 Å². The monoisotopic (exact) mass is 299 g/mol. The van der Waals surface area contributed by atoms with E-state index in [0.717, 1.165) is 30.2 Å². The molecule has 1 aliphatic rings. The molecule has 1 aromatic rings. The van der Waals surface area contributed by atoms with Crippen molar-refractivity contribution in [2.75, 3.05) is 12.3 Å². The van der Waals surface area contributed by atoms with Crippen LogP contribution in [0.4, 0.5) is 0 Å². The highest BCUT2D eigenvalue weighted by molar-refractivity contribution is 7.99. The van der Waals surface area contributed by atoms with Gasteiger partial charge in [-0.2, -0.15) is 0 Å². The average molecular weight is 300 g/mol. The van der Waals surface area contributed by atoms with Crippen molar-refractivity contribution in [3.8, 4) is 0 Å².